The Labute approximate surface area is 128 Å². The molecule has 116 valence electrons. The number of benzene rings is 1. The lowest BCUT2D eigenvalue weighted by Crippen LogP contribution is -2.40. The monoisotopic (exact) mass is 331 g/mol. The molecule has 2 unspecified atom stereocenters. The van der Waals surface area contributed by atoms with Gasteiger partial charge >= 0.3 is 0 Å². The molecule has 0 aliphatic carbocycles. The molecule has 2 rings (SSSR count). The van der Waals surface area contributed by atoms with Crippen LogP contribution < -0.4 is 5.32 Å². The van der Waals surface area contributed by atoms with Crippen molar-refractivity contribution in [3.63, 3.8) is 0 Å². The molecule has 0 bridgehead atoms. The molecule has 4 nitrogen and oxygen atoms in total. The first kappa shape index (κ1) is 16.3. The van der Waals surface area contributed by atoms with Crippen LogP contribution in [0.5, 0.6) is 0 Å². The Bertz CT molecular complexity index is 601. The number of carbonyl (C=O) groups is 1. The Morgan fingerprint density at radius 2 is 2.10 bits per heavy atom. The van der Waals surface area contributed by atoms with Crippen LogP contribution in [-0.4, -0.2) is 37.1 Å². The maximum Gasteiger partial charge on any atom is 0.233 e. The zero-order valence-electron chi connectivity index (χ0n) is 11.7. The molecule has 1 aromatic rings. The smallest absolute Gasteiger partial charge is 0.233 e. The van der Waals surface area contributed by atoms with E-state index in [2.05, 4.69) is 5.32 Å². The minimum absolute atomic E-state index is 0.0358. The number of halogens is 1. The van der Waals surface area contributed by atoms with Crippen LogP contribution in [0.25, 0.3) is 0 Å². The summed E-state index contributed by atoms with van der Waals surface area (Å²) in [5, 5.41) is 2.50. The van der Waals surface area contributed by atoms with Crippen molar-refractivity contribution in [3.8, 4) is 0 Å². The van der Waals surface area contributed by atoms with E-state index in [1.165, 1.54) is 23.9 Å². The van der Waals surface area contributed by atoms with Crippen LogP contribution >= 0.6 is 11.8 Å². The van der Waals surface area contributed by atoms with Crippen LogP contribution in [0.1, 0.15) is 18.9 Å². The first-order valence-electron chi connectivity index (χ1n) is 6.72. The molecule has 2 atom stereocenters. The van der Waals surface area contributed by atoms with E-state index in [1.807, 2.05) is 0 Å². The number of amides is 1. The highest BCUT2D eigenvalue weighted by molar-refractivity contribution is 7.99. The summed E-state index contributed by atoms with van der Waals surface area (Å²) in [6, 6.07) is 5.90. The van der Waals surface area contributed by atoms with Crippen molar-refractivity contribution in [1.29, 1.82) is 0 Å². The SMILES string of the molecule is CC(SCc1ccc(F)cc1)C(=O)NC1CCS(=O)(=O)C1. The summed E-state index contributed by atoms with van der Waals surface area (Å²) in [6.45, 7) is 1.78. The van der Waals surface area contributed by atoms with E-state index in [4.69, 9.17) is 0 Å². The van der Waals surface area contributed by atoms with Crippen LogP contribution in [0.15, 0.2) is 24.3 Å². The number of thioether (sulfide) groups is 1. The predicted molar refractivity (Wildman–Crippen MR) is 82.4 cm³/mol. The normalized spacial score (nSPS) is 21.9. The van der Waals surface area contributed by atoms with E-state index in [0.29, 0.717) is 12.2 Å². The molecule has 1 amide bonds. The van der Waals surface area contributed by atoms with Crippen molar-refractivity contribution >= 4 is 27.5 Å². The Morgan fingerprint density at radius 1 is 1.43 bits per heavy atom. The van der Waals surface area contributed by atoms with Gasteiger partial charge in [0, 0.05) is 11.8 Å². The Kier molecular flexibility index (Phi) is 5.27. The Hall–Kier alpha value is -1.08. The second-order valence-corrected chi connectivity index (χ2v) is 8.75. The lowest BCUT2D eigenvalue weighted by molar-refractivity contribution is -0.120. The van der Waals surface area contributed by atoms with Crippen molar-refractivity contribution in [2.24, 2.45) is 0 Å². The zero-order chi connectivity index (χ0) is 15.5. The van der Waals surface area contributed by atoms with Crippen molar-refractivity contribution in [1.82, 2.24) is 5.32 Å². The van der Waals surface area contributed by atoms with Crippen molar-refractivity contribution < 1.29 is 17.6 Å². The van der Waals surface area contributed by atoms with Gasteiger partial charge in [-0.1, -0.05) is 12.1 Å². The maximum atomic E-state index is 12.8. The standard InChI is InChI=1S/C14H18FNO3S2/c1-10(20-8-11-2-4-12(15)5-3-11)14(17)16-13-6-7-21(18,19)9-13/h2-5,10,13H,6-9H2,1H3,(H,16,17). The van der Waals surface area contributed by atoms with Gasteiger partial charge in [0.2, 0.25) is 5.91 Å². The van der Waals surface area contributed by atoms with Crippen LogP contribution in [-0.2, 0) is 20.4 Å². The van der Waals surface area contributed by atoms with E-state index in [0.717, 1.165) is 5.56 Å². The summed E-state index contributed by atoms with van der Waals surface area (Å²) in [7, 11) is -2.98. The zero-order valence-corrected chi connectivity index (χ0v) is 13.3. The van der Waals surface area contributed by atoms with Crippen LogP contribution in [0.3, 0.4) is 0 Å². The summed E-state index contributed by atoms with van der Waals surface area (Å²) in [5.74, 6) is 0.363. The third kappa shape index (κ3) is 5.00. The third-order valence-corrected chi connectivity index (χ3v) is 6.34. The summed E-state index contributed by atoms with van der Waals surface area (Å²) in [4.78, 5) is 12.0. The number of nitrogens with one attached hydrogen (secondary N) is 1. The Morgan fingerprint density at radius 3 is 2.67 bits per heavy atom. The third-order valence-electron chi connectivity index (χ3n) is 3.36. The second kappa shape index (κ2) is 6.79. The van der Waals surface area contributed by atoms with Gasteiger partial charge in [-0.15, -0.1) is 11.8 Å². The number of hydrogen-bond acceptors (Lipinski definition) is 4. The highest BCUT2D eigenvalue weighted by atomic mass is 32.2. The van der Waals surface area contributed by atoms with Crippen molar-refractivity contribution in [2.75, 3.05) is 11.5 Å². The highest BCUT2D eigenvalue weighted by Crippen LogP contribution is 2.19. The van der Waals surface area contributed by atoms with Crippen molar-refractivity contribution in [2.45, 2.75) is 30.4 Å². The first-order chi connectivity index (χ1) is 9.85. The van der Waals surface area contributed by atoms with Gasteiger partial charge in [0.15, 0.2) is 9.84 Å². The average Bonchev–Trinajstić information content (AvgIpc) is 2.77. The van der Waals surface area contributed by atoms with E-state index >= 15 is 0 Å². The molecule has 1 aliphatic heterocycles. The lowest BCUT2D eigenvalue weighted by atomic mass is 10.2. The topological polar surface area (TPSA) is 63.2 Å². The molecular formula is C14H18FNO3S2. The molecule has 7 heteroatoms. The van der Waals surface area contributed by atoms with Gasteiger partial charge in [-0.25, -0.2) is 12.8 Å². The average molecular weight is 331 g/mol. The van der Waals surface area contributed by atoms with Gasteiger partial charge in [-0.05, 0) is 31.0 Å². The van der Waals surface area contributed by atoms with E-state index in [-0.39, 0.29) is 34.5 Å². The summed E-state index contributed by atoms with van der Waals surface area (Å²) < 4.78 is 35.5. The van der Waals surface area contributed by atoms with Crippen molar-refractivity contribution in [3.05, 3.63) is 35.6 Å². The van der Waals surface area contributed by atoms with Gasteiger partial charge in [-0.3, -0.25) is 4.79 Å². The number of sulfone groups is 1. The molecule has 1 aliphatic rings. The van der Waals surface area contributed by atoms with Gasteiger partial charge in [0.05, 0.1) is 16.8 Å². The maximum absolute atomic E-state index is 12.8. The molecule has 0 aromatic heterocycles. The quantitative estimate of drug-likeness (QED) is 0.893. The molecule has 0 spiro atoms. The summed E-state index contributed by atoms with van der Waals surface area (Å²) in [5.41, 5.74) is 0.949. The minimum atomic E-state index is -2.98. The van der Waals surface area contributed by atoms with Crippen LogP contribution in [0.2, 0.25) is 0 Å². The summed E-state index contributed by atoms with van der Waals surface area (Å²) in [6.07, 6.45) is 0.490. The van der Waals surface area contributed by atoms with E-state index < -0.39 is 9.84 Å². The number of carbonyl (C=O) groups excluding carboxylic acids is 1. The van der Waals surface area contributed by atoms with Gasteiger partial charge in [0.25, 0.3) is 0 Å². The van der Waals surface area contributed by atoms with E-state index in [1.54, 1.807) is 19.1 Å². The Balaban J connectivity index is 1.79. The largest absolute Gasteiger partial charge is 0.351 e. The molecular weight excluding hydrogens is 313 g/mol. The molecule has 0 radical (unpaired) electrons. The second-order valence-electron chi connectivity index (χ2n) is 5.19. The first-order valence-corrected chi connectivity index (χ1v) is 9.59. The molecule has 0 saturated carbocycles. The molecule has 1 N–H and O–H groups in total. The lowest BCUT2D eigenvalue weighted by Gasteiger charge is -2.15. The van der Waals surface area contributed by atoms with Gasteiger partial charge in [0.1, 0.15) is 5.82 Å². The number of rotatable bonds is 5. The minimum Gasteiger partial charge on any atom is -0.351 e. The molecule has 1 fully saturated rings. The molecule has 1 heterocycles. The fourth-order valence-corrected chi connectivity index (χ4v) is 4.63. The molecule has 1 saturated heterocycles. The van der Waals surface area contributed by atoms with Gasteiger partial charge < -0.3 is 5.32 Å². The fourth-order valence-electron chi connectivity index (χ4n) is 2.10. The van der Waals surface area contributed by atoms with Crippen LogP contribution in [0.4, 0.5) is 4.39 Å². The molecule has 1 aromatic carbocycles. The van der Waals surface area contributed by atoms with E-state index in [9.17, 15) is 17.6 Å². The fraction of sp³-hybridized carbons (Fsp3) is 0.500. The van der Waals surface area contributed by atoms with Crippen LogP contribution in [0, 0.1) is 5.82 Å². The summed E-state index contributed by atoms with van der Waals surface area (Å²) >= 11 is 1.44. The predicted octanol–water partition coefficient (Wildman–Crippen LogP) is 1.75. The molecule has 21 heavy (non-hydrogen) atoms. The van der Waals surface area contributed by atoms with Gasteiger partial charge in [-0.2, -0.15) is 0 Å². The highest BCUT2D eigenvalue weighted by Gasteiger charge is 2.29. The number of hydrogen-bond donors (Lipinski definition) is 1.